The Balaban J connectivity index is 2.17. The molecule has 1 heterocycles. The predicted molar refractivity (Wildman–Crippen MR) is 79.1 cm³/mol. The largest absolute Gasteiger partial charge is 0.371 e. The lowest BCUT2D eigenvalue weighted by Crippen LogP contribution is -2.28. The molecule has 3 heteroatoms. The van der Waals surface area contributed by atoms with E-state index in [0.29, 0.717) is 6.04 Å². The van der Waals surface area contributed by atoms with Crippen molar-refractivity contribution in [1.29, 1.82) is 0 Å². The molecule has 1 fully saturated rings. The van der Waals surface area contributed by atoms with Crippen molar-refractivity contribution < 1.29 is 4.39 Å². The van der Waals surface area contributed by atoms with Gasteiger partial charge in [-0.15, -0.1) is 0 Å². The van der Waals surface area contributed by atoms with Crippen LogP contribution in [0.2, 0.25) is 0 Å². The second-order valence-electron chi connectivity index (χ2n) is 5.71. The molecule has 0 saturated carbocycles. The van der Waals surface area contributed by atoms with Crippen molar-refractivity contribution >= 4 is 5.69 Å². The van der Waals surface area contributed by atoms with Crippen LogP contribution in [0.15, 0.2) is 18.2 Å². The molecule has 0 bridgehead atoms. The summed E-state index contributed by atoms with van der Waals surface area (Å²) < 4.78 is 13.5. The Bertz CT molecular complexity index is 396. The van der Waals surface area contributed by atoms with Crippen molar-refractivity contribution in [2.24, 2.45) is 0 Å². The molecule has 19 heavy (non-hydrogen) atoms. The number of rotatable bonds is 4. The molecule has 0 aliphatic carbocycles. The van der Waals surface area contributed by atoms with Gasteiger partial charge in [-0.2, -0.15) is 0 Å². The lowest BCUT2D eigenvalue weighted by Gasteiger charge is -2.26. The molecule has 1 aliphatic heterocycles. The molecule has 0 amide bonds. The first-order valence-electron chi connectivity index (χ1n) is 7.43. The molecule has 0 atom stereocenters. The van der Waals surface area contributed by atoms with Crippen LogP contribution in [0, 0.1) is 5.82 Å². The molecule has 1 aromatic rings. The molecular weight excluding hydrogens is 239 g/mol. The molecule has 2 rings (SSSR count). The van der Waals surface area contributed by atoms with Gasteiger partial charge in [-0.1, -0.05) is 26.7 Å². The molecule has 1 aromatic carbocycles. The SMILES string of the molecule is CC(C)NCc1cc(F)ccc1N1CCCCCC1. The van der Waals surface area contributed by atoms with Crippen molar-refractivity contribution in [3.05, 3.63) is 29.6 Å². The van der Waals surface area contributed by atoms with Gasteiger partial charge >= 0.3 is 0 Å². The Morgan fingerprint density at radius 3 is 2.47 bits per heavy atom. The number of hydrogen-bond acceptors (Lipinski definition) is 2. The molecule has 1 aliphatic rings. The fourth-order valence-electron chi connectivity index (χ4n) is 2.63. The number of halogens is 1. The first-order valence-corrected chi connectivity index (χ1v) is 7.43. The molecule has 1 N–H and O–H groups in total. The van der Waals surface area contributed by atoms with E-state index in [1.165, 1.54) is 31.4 Å². The summed E-state index contributed by atoms with van der Waals surface area (Å²) in [6.45, 7) is 7.16. The van der Waals surface area contributed by atoms with E-state index in [4.69, 9.17) is 0 Å². The van der Waals surface area contributed by atoms with Gasteiger partial charge in [0, 0.05) is 31.4 Å². The fraction of sp³-hybridized carbons (Fsp3) is 0.625. The number of benzene rings is 1. The monoisotopic (exact) mass is 264 g/mol. The third-order valence-corrected chi connectivity index (χ3v) is 3.69. The van der Waals surface area contributed by atoms with Crippen molar-refractivity contribution in [2.75, 3.05) is 18.0 Å². The summed E-state index contributed by atoms with van der Waals surface area (Å²) in [5, 5.41) is 3.39. The van der Waals surface area contributed by atoms with Crippen LogP contribution in [0.3, 0.4) is 0 Å². The van der Waals surface area contributed by atoms with Crippen LogP contribution in [-0.4, -0.2) is 19.1 Å². The predicted octanol–water partition coefficient (Wildman–Crippen LogP) is 3.70. The minimum Gasteiger partial charge on any atom is -0.371 e. The van der Waals surface area contributed by atoms with Gasteiger partial charge in [0.2, 0.25) is 0 Å². The van der Waals surface area contributed by atoms with E-state index in [1.807, 2.05) is 6.07 Å². The van der Waals surface area contributed by atoms with E-state index < -0.39 is 0 Å². The summed E-state index contributed by atoms with van der Waals surface area (Å²) in [5.41, 5.74) is 2.28. The lowest BCUT2D eigenvalue weighted by atomic mass is 10.1. The van der Waals surface area contributed by atoms with E-state index >= 15 is 0 Å². The van der Waals surface area contributed by atoms with Crippen LogP contribution >= 0.6 is 0 Å². The van der Waals surface area contributed by atoms with E-state index in [-0.39, 0.29) is 5.82 Å². The summed E-state index contributed by atoms with van der Waals surface area (Å²) in [7, 11) is 0. The van der Waals surface area contributed by atoms with Gasteiger partial charge < -0.3 is 10.2 Å². The summed E-state index contributed by atoms with van der Waals surface area (Å²) in [6, 6.07) is 5.62. The number of hydrogen-bond donors (Lipinski definition) is 1. The molecular formula is C16H25FN2. The second-order valence-corrected chi connectivity index (χ2v) is 5.71. The zero-order valence-corrected chi connectivity index (χ0v) is 12.1. The quantitative estimate of drug-likeness (QED) is 0.892. The third kappa shape index (κ3) is 4.20. The smallest absolute Gasteiger partial charge is 0.123 e. The van der Waals surface area contributed by atoms with Crippen LogP contribution in [0.25, 0.3) is 0 Å². The van der Waals surface area contributed by atoms with Crippen molar-refractivity contribution in [3.8, 4) is 0 Å². The van der Waals surface area contributed by atoms with Gasteiger partial charge in [0.25, 0.3) is 0 Å². The summed E-state index contributed by atoms with van der Waals surface area (Å²) in [6.07, 6.45) is 5.12. The molecule has 0 aromatic heterocycles. The molecule has 1 saturated heterocycles. The van der Waals surface area contributed by atoms with Crippen LogP contribution in [-0.2, 0) is 6.54 Å². The summed E-state index contributed by atoms with van der Waals surface area (Å²) >= 11 is 0. The average Bonchev–Trinajstić information content (AvgIpc) is 2.65. The van der Waals surface area contributed by atoms with Gasteiger partial charge in [0.15, 0.2) is 0 Å². The Kier molecular flexibility index (Phi) is 5.20. The van der Waals surface area contributed by atoms with Gasteiger partial charge in [0.1, 0.15) is 5.82 Å². The normalized spacial score (nSPS) is 16.7. The highest BCUT2D eigenvalue weighted by atomic mass is 19.1. The first-order chi connectivity index (χ1) is 9.16. The lowest BCUT2D eigenvalue weighted by molar-refractivity contribution is 0.580. The molecule has 0 spiro atoms. The summed E-state index contributed by atoms with van der Waals surface area (Å²) in [5.74, 6) is -0.140. The van der Waals surface area contributed by atoms with Gasteiger partial charge in [-0.05, 0) is 36.6 Å². The van der Waals surface area contributed by atoms with E-state index in [2.05, 4.69) is 24.1 Å². The topological polar surface area (TPSA) is 15.3 Å². The minimum atomic E-state index is -0.140. The van der Waals surface area contributed by atoms with E-state index in [9.17, 15) is 4.39 Å². The van der Waals surface area contributed by atoms with Crippen molar-refractivity contribution in [3.63, 3.8) is 0 Å². The highest BCUT2D eigenvalue weighted by Crippen LogP contribution is 2.24. The van der Waals surface area contributed by atoms with Gasteiger partial charge in [0.05, 0.1) is 0 Å². The van der Waals surface area contributed by atoms with Crippen molar-refractivity contribution in [1.82, 2.24) is 5.32 Å². The van der Waals surface area contributed by atoms with Crippen LogP contribution in [0.5, 0.6) is 0 Å². The maximum atomic E-state index is 13.5. The zero-order chi connectivity index (χ0) is 13.7. The minimum absolute atomic E-state index is 0.140. The molecule has 0 unspecified atom stereocenters. The second kappa shape index (κ2) is 6.90. The van der Waals surface area contributed by atoms with E-state index in [0.717, 1.165) is 25.2 Å². The van der Waals surface area contributed by atoms with Crippen LogP contribution < -0.4 is 10.2 Å². The fourth-order valence-corrected chi connectivity index (χ4v) is 2.63. The standard InChI is InChI=1S/C16H25FN2/c1-13(2)18-12-14-11-15(17)7-8-16(14)19-9-5-3-4-6-10-19/h7-8,11,13,18H,3-6,9-10,12H2,1-2H3. The Morgan fingerprint density at radius 1 is 1.16 bits per heavy atom. The van der Waals surface area contributed by atoms with E-state index in [1.54, 1.807) is 12.1 Å². The average molecular weight is 264 g/mol. The number of nitrogens with one attached hydrogen (secondary N) is 1. The van der Waals surface area contributed by atoms with Crippen LogP contribution in [0.4, 0.5) is 10.1 Å². The number of anilines is 1. The molecule has 106 valence electrons. The zero-order valence-electron chi connectivity index (χ0n) is 12.1. The van der Waals surface area contributed by atoms with Crippen LogP contribution in [0.1, 0.15) is 45.1 Å². The van der Waals surface area contributed by atoms with Crippen molar-refractivity contribution in [2.45, 2.75) is 52.1 Å². The number of nitrogens with zero attached hydrogens (tertiary/aromatic N) is 1. The Morgan fingerprint density at radius 2 is 1.84 bits per heavy atom. The highest BCUT2D eigenvalue weighted by Gasteiger charge is 2.14. The maximum Gasteiger partial charge on any atom is 0.123 e. The van der Waals surface area contributed by atoms with Gasteiger partial charge in [-0.25, -0.2) is 4.39 Å². The molecule has 2 nitrogen and oxygen atoms in total. The Hall–Kier alpha value is -1.09. The molecule has 0 radical (unpaired) electrons. The maximum absolute atomic E-state index is 13.5. The first kappa shape index (κ1) is 14.3. The highest BCUT2D eigenvalue weighted by molar-refractivity contribution is 5.54. The Labute approximate surface area is 116 Å². The third-order valence-electron chi connectivity index (χ3n) is 3.69. The van der Waals surface area contributed by atoms with Gasteiger partial charge in [-0.3, -0.25) is 0 Å². The summed E-state index contributed by atoms with van der Waals surface area (Å²) in [4.78, 5) is 2.42.